The van der Waals surface area contributed by atoms with Crippen molar-refractivity contribution in [2.45, 2.75) is 27.3 Å². The SMILES string of the molecule is Cc1ccc(Cl)c(-n2cc(CNCC(C)C)nn2)c1. The number of aryl methyl sites for hydroxylation is 1. The van der Waals surface area contributed by atoms with Crippen molar-refractivity contribution in [1.82, 2.24) is 20.3 Å². The maximum atomic E-state index is 6.18. The van der Waals surface area contributed by atoms with Crippen LogP contribution in [-0.4, -0.2) is 21.5 Å². The molecule has 1 aromatic heterocycles. The van der Waals surface area contributed by atoms with Crippen LogP contribution < -0.4 is 5.32 Å². The van der Waals surface area contributed by atoms with Gasteiger partial charge in [-0.2, -0.15) is 0 Å². The molecule has 5 heteroatoms. The van der Waals surface area contributed by atoms with E-state index in [-0.39, 0.29) is 0 Å². The molecule has 0 aliphatic heterocycles. The molecule has 0 spiro atoms. The Bertz CT molecular complexity index is 548. The van der Waals surface area contributed by atoms with Crippen LogP contribution in [0.2, 0.25) is 5.02 Å². The second-order valence-corrected chi connectivity index (χ2v) is 5.54. The van der Waals surface area contributed by atoms with Crippen molar-refractivity contribution >= 4 is 11.6 Å². The van der Waals surface area contributed by atoms with E-state index in [2.05, 4.69) is 29.5 Å². The van der Waals surface area contributed by atoms with Gasteiger partial charge in [-0.05, 0) is 37.1 Å². The lowest BCUT2D eigenvalue weighted by Gasteiger charge is -2.05. The van der Waals surface area contributed by atoms with Gasteiger partial charge in [0.1, 0.15) is 0 Å². The third-order valence-electron chi connectivity index (χ3n) is 2.75. The lowest BCUT2D eigenvalue weighted by Crippen LogP contribution is -2.19. The smallest absolute Gasteiger partial charge is 0.0969 e. The van der Waals surface area contributed by atoms with E-state index in [1.165, 1.54) is 0 Å². The quantitative estimate of drug-likeness (QED) is 0.914. The molecule has 1 aromatic carbocycles. The average molecular weight is 279 g/mol. The van der Waals surface area contributed by atoms with Gasteiger partial charge in [0.15, 0.2) is 0 Å². The summed E-state index contributed by atoms with van der Waals surface area (Å²) in [7, 11) is 0. The number of nitrogens with zero attached hydrogens (tertiary/aromatic N) is 3. The number of halogens is 1. The van der Waals surface area contributed by atoms with Crippen LogP contribution in [-0.2, 0) is 6.54 Å². The van der Waals surface area contributed by atoms with Crippen LogP contribution in [0.4, 0.5) is 0 Å². The van der Waals surface area contributed by atoms with Gasteiger partial charge in [0, 0.05) is 6.54 Å². The zero-order valence-electron chi connectivity index (χ0n) is 11.5. The molecule has 0 unspecified atom stereocenters. The standard InChI is InChI=1S/C14H19ClN4/c1-10(2)7-16-8-12-9-19(18-17-12)14-6-11(3)4-5-13(14)15/h4-6,9-10,16H,7-8H2,1-3H3. The molecule has 2 rings (SSSR count). The molecule has 0 atom stereocenters. The third-order valence-corrected chi connectivity index (χ3v) is 3.07. The number of hydrogen-bond donors (Lipinski definition) is 1. The van der Waals surface area contributed by atoms with Gasteiger partial charge in [-0.15, -0.1) is 5.10 Å². The Morgan fingerprint density at radius 2 is 2.16 bits per heavy atom. The highest BCUT2D eigenvalue weighted by atomic mass is 35.5. The number of benzene rings is 1. The summed E-state index contributed by atoms with van der Waals surface area (Å²) in [6.45, 7) is 8.08. The van der Waals surface area contributed by atoms with Crippen molar-refractivity contribution in [3.8, 4) is 5.69 Å². The predicted molar refractivity (Wildman–Crippen MR) is 77.7 cm³/mol. The molecule has 1 heterocycles. The molecule has 19 heavy (non-hydrogen) atoms. The van der Waals surface area contributed by atoms with E-state index in [1.807, 2.05) is 31.3 Å². The molecule has 4 nitrogen and oxygen atoms in total. The van der Waals surface area contributed by atoms with E-state index in [1.54, 1.807) is 4.68 Å². The van der Waals surface area contributed by atoms with E-state index in [4.69, 9.17) is 11.6 Å². The van der Waals surface area contributed by atoms with Gasteiger partial charge in [0.05, 0.1) is 22.6 Å². The van der Waals surface area contributed by atoms with Gasteiger partial charge in [0.25, 0.3) is 0 Å². The molecular weight excluding hydrogens is 260 g/mol. The highest BCUT2D eigenvalue weighted by Gasteiger charge is 2.07. The van der Waals surface area contributed by atoms with Crippen molar-refractivity contribution < 1.29 is 0 Å². The van der Waals surface area contributed by atoms with E-state index in [0.29, 0.717) is 10.9 Å². The highest BCUT2D eigenvalue weighted by Crippen LogP contribution is 2.20. The summed E-state index contributed by atoms with van der Waals surface area (Å²) in [6, 6.07) is 5.86. The fourth-order valence-corrected chi connectivity index (χ4v) is 1.99. The van der Waals surface area contributed by atoms with Crippen LogP contribution in [0.1, 0.15) is 25.1 Å². The Morgan fingerprint density at radius 3 is 2.89 bits per heavy atom. The lowest BCUT2D eigenvalue weighted by atomic mass is 10.2. The van der Waals surface area contributed by atoms with Gasteiger partial charge < -0.3 is 5.32 Å². The van der Waals surface area contributed by atoms with Crippen molar-refractivity contribution in [2.75, 3.05) is 6.54 Å². The molecule has 0 aliphatic rings. The van der Waals surface area contributed by atoms with E-state index >= 15 is 0 Å². The molecule has 1 N–H and O–H groups in total. The molecule has 0 aliphatic carbocycles. The highest BCUT2D eigenvalue weighted by molar-refractivity contribution is 6.32. The molecule has 0 saturated heterocycles. The molecule has 0 radical (unpaired) electrons. The first-order valence-electron chi connectivity index (χ1n) is 6.44. The minimum absolute atomic E-state index is 0.626. The maximum absolute atomic E-state index is 6.18. The summed E-state index contributed by atoms with van der Waals surface area (Å²) in [6.07, 6.45) is 1.91. The molecule has 102 valence electrons. The normalized spacial score (nSPS) is 11.2. The zero-order valence-corrected chi connectivity index (χ0v) is 12.3. The summed E-state index contributed by atoms with van der Waals surface area (Å²) in [5.41, 5.74) is 2.93. The van der Waals surface area contributed by atoms with Gasteiger partial charge >= 0.3 is 0 Å². The van der Waals surface area contributed by atoms with Gasteiger partial charge in [-0.25, -0.2) is 4.68 Å². The first kappa shape index (κ1) is 14.0. The van der Waals surface area contributed by atoms with Crippen LogP contribution in [0.5, 0.6) is 0 Å². The van der Waals surface area contributed by atoms with E-state index in [0.717, 1.165) is 30.0 Å². The van der Waals surface area contributed by atoms with Gasteiger partial charge in [-0.1, -0.05) is 36.7 Å². The minimum Gasteiger partial charge on any atom is -0.311 e. The maximum Gasteiger partial charge on any atom is 0.0969 e. The number of rotatable bonds is 5. The van der Waals surface area contributed by atoms with E-state index in [9.17, 15) is 0 Å². The Kier molecular flexibility index (Phi) is 4.56. The molecule has 0 fully saturated rings. The first-order chi connectivity index (χ1) is 9.06. The summed E-state index contributed by atoms with van der Waals surface area (Å²) in [4.78, 5) is 0. The molecule has 0 amide bonds. The van der Waals surface area contributed by atoms with Crippen molar-refractivity contribution in [2.24, 2.45) is 5.92 Å². The summed E-state index contributed by atoms with van der Waals surface area (Å²) in [5.74, 6) is 0.626. The predicted octanol–water partition coefficient (Wildman–Crippen LogP) is 2.97. The molecular formula is C14H19ClN4. The second-order valence-electron chi connectivity index (χ2n) is 5.13. The largest absolute Gasteiger partial charge is 0.311 e. The van der Waals surface area contributed by atoms with Crippen molar-refractivity contribution in [1.29, 1.82) is 0 Å². The summed E-state index contributed by atoms with van der Waals surface area (Å²) in [5, 5.41) is 12.3. The fraction of sp³-hybridized carbons (Fsp3) is 0.429. The second kappa shape index (κ2) is 6.17. The molecule has 0 saturated carbocycles. The van der Waals surface area contributed by atoms with Crippen LogP contribution in [0.25, 0.3) is 5.69 Å². The zero-order chi connectivity index (χ0) is 13.8. The van der Waals surface area contributed by atoms with Crippen LogP contribution >= 0.6 is 11.6 Å². The van der Waals surface area contributed by atoms with Crippen LogP contribution in [0.3, 0.4) is 0 Å². The average Bonchev–Trinajstić information content (AvgIpc) is 2.80. The van der Waals surface area contributed by atoms with Gasteiger partial charge in [0.2, 0.25) is 0 Å². The van der Waals surface area contributed by atoms with Crippen molar-refractivity contribution in [3.63, 3.8) is 0 Å². The number of nitrogens with one attached hydrogen (secondary N) is 1. The fourth-order valence-electron chi connectivity index (χ4n) is 1.78. The Labute approximate surface area is 118 Å². The third kappa shape index (κ3) is 3.78. The molecule has 0 bridgehead atoms. The summed E-state index contributed by atoms with van der Waals surface area (Å²) < 4.78 is 1.72. The van der Waals surface area contributed by atoms with Crippen molar-refractivity contribution in [3.05, 3.63) is 40.7 Å². The minimum atomic E-state index is 0.626. The van der Waals surface area contributed by atoms with Crippen LogP contribution in [0.15, 0.2) is 24.4 Å². The number of aromatic nitrogens is 3. The first-order valence-corrected chi connectivity index (χ1v) is 6.82. The molecule has 2 aromatic rings. The number of hydrogen-bond acceptors (Lipinski definition) is 3. The Balaban J connectivity index is 2.10. The van der Waals surface area contributed by atoms with Crippen LogP contribution in [0, 0.1) is 12.8 Å². The topological polar surface area (TPSA) is 42.7 Å². The Hall–Kier alpha value is -1.39. The Morgan fingerprint density at radius 1 is 1.37 bits per heavy atom. The lowest BCUT2D eigenvalue weighted by molar-refractivity contribution is 0.548. The van der Waals surface area contributed by atoms with Gasteiger partial charge in [-0.3, -0.25) is 0 Å². The monoisotopic (exact) mass is 278 g/mol. The van der Waals surface area contributed by atoms with E-state index < -0.39 is 0 Å². The summed E-state index contributed by atoms with van der Waals surface area (Å²) >= 11 is 6.18.